The Bertz CT molecular complexity index is 749. The first-order valence-corrected chi connectivity index (χ1v) is 8.44. The number of rotatable bonds is 6. The number of hydrogen-bond donors (Lipinski definition) is 2. The molecule has 3 N–H and O–H groups in total. The third kappa shape index (κ3) is 4.80. The fourth-order valence-corrected chi connectivity index (χ4v) is 2.81. The molecule has 26 heavy (non-hydrogen) atoms. The first kappa shape index (κ1) is 17.9. The Morgan fingerprint density at radius 3 is 2.62 bits per heavy atom. The van der Waals surface area contributed by atoms with Crippen molar-refractivity contribution in [2.24, 2.45) is 5.73 Å². The fourth-order valence-electron chi connectivity index (χ4n) is 2.81. The lowest BCUT2D eigenvalue weighted by Crippen LogP contribution is -2.52. The number of carbonyl (C=O) groups excluding carboxylic acids is 2. The van der Waals surface area contributed by atoms with E-state index in [1.807, 2.05) is 12.1 Å². The zero-order valence-corrected chi connectivity index (χ0v) is 14.3. The molecule has 0 radical (unpaired) electrons. The molecule has 0 spiro atoms. The second kappa shape index (κ2) is 8.44. The Kier molecular flexibility index (Phi) is 5.80. The number of amides is 2. The first-order chi connectivity index (χ1) is 12.6. The Hall–Kier alpha value is -2.93. The van der Waals surface area contributed by atoms with Gasteiger partial charge >= 0.3 is 0 Å². The molecule has 7 heteroatoms. The summed E-state index contributed by atoms with van der Waals surface area (Å²) in [5, 5.41) is 2.98. The number of aromatic nitrogens is 1. The average molecular weight is 355 g/mol. The van der Waals surface area contributed by atoms with Gasteiger partial charge in [-0.3, -0.25) is 14.6 Å². The third-order valence-electron chi connectivity index (χ3n) is 4.18. The Morgan fingerprint density at radius 1 is 1.19 bits per heavy atom. The van der Waals surface area contributed by atoms with Crippen LogP contribution in [0.3, 0.4) is 0 Å². The van der Waals surface area contributed by atoms with Crippen LogP contribution in [0, 0.1) is 0 Å². The number of nitrogens with one attached hydrogen (secondary N) is 1. The summed E-state index contributed by atoms with van der Waals surface area (Å²) in [6, 6.07) is 10.0. The number of carbonyl (C=O) groups is 2. The molecule has 7 nitrogen and oxygen atoms in total. The maximum absolute atomic E-state index is 12.3. The first-order valence-electron chi connectivity index (χ1n) is 8.44. The normalized spacial score (nSPS) is 19.5. The minimum absolute atomic E-state index is 0.0932. The van der Waals surface area contributed by atoms with Gasteiger partial charge in [0.25, 0.3) is 0 Å². The Balaban J connectivity index is 1.60. The molecule has 2 aromatic rings. The molecule has 0 bridgehead atoms. The summed E-state index contributed by atoms with van der Waals surface area (Å²) < 4.78 is 11.5. The Morgan fingerprint density at radius 2 is 1.92 bits per heavy atom. The van der Waals surface area contributed by atoms with E-state index in [0.717, 1.165) is 5.56 Å². The van der Waals surface area contributed by atoms with E-state index in [-0.39, 0.29) is 24.5 Å². The van der Waals surface area contributed by atoms with Gasteiger partial charge in [0, 0.05) is 24.4 Å². The molecule has 1 aliphatic rings. The SMILES string of the molecule is NC(=O)c1ccc(OC2CCOCC2NC(=O)Cc2ccncc2)cc1. The Labute approximate surface area is 151 Å². The van der Waals surface area contributed by atoms with Crippen LogP contribution in [0.5, 0.6) is 5.75 Å². The molecule has 2 atom stereocenters. The zero-order valence-electron chi connectivity index (χ0n) is 14.3. The predicted octanol–water partition coefficient (Wildman–Crippen LogP) is 1.08. The molecule has 2 amide bonds. The van der Waals surface area contributed by atoms with Crippen molar-refractivity contribution in [3.05, 3.63) is 59.9 Å². The summed E-state index contributed by atoms with van der Waals surface area (Å²) in [6.07, 6.45) is 4.06. The molecular weight excluding hydrogens is 334 g/mol. The van der Waals surface area contributed by atoms with Crippen LogP contribution < -0.4 is 15.8 Å². The van der Waals surface area contributed by atoms with Crippen molar-refractivity contribution in [1.82, 2.24) is 10.3 Å². The van der Waals surface area contributed by atoms with Crippen molar-refractivity contribution in [3.8, 4) is 5.75 Å². The minimum atomic E-state index is -0.483. The van der Waals surface area contributed by atoms with Crippen LogP contribution in [0.2, 0.25) is 0 Å². The summed E-state index contributed by atoms with van der Waals surface area (Å²) in [4.78, 5) is 27.4. The van der Waals surface area contributed by atoms with Crippen molar-refractivity contribution >= 4 is 11.8 Å². The number of nitrogens with two attached hydrogens (primary N) is 1. The lowest BCUT2D eigenvalue weighted by atomic mass is 10.1. The second-order valence-electron chi connectivity index (χ2n) is 6.11. The van der Waals surface area contributed by atoms with Crippen LogP contribution in [0.25, 0.3) is 0 Å². The number of benzene rings is 1. The molecule has 1 aromatic carbocycles. The van der Waals surface area contributed by atoms with Gasteiger partial charge in [-0.2, -0.15) is 0 Å². The highest BCUT2D eigenvalue weighted by molar-refractivity contribution is 5.92. The van der Waals surface area contributed by atoms with Gasteiger partial charge in [0.15, 0.2) is 0 Å². The van der Waals surface area contributed by atoms with Crippen molar-refractivity contribution < 1.29 is 19.1 Å². The number of ether oxygens (including phenoxy) is 2. The molecule has 0 saturated carbocycles. The van der Waals surface area contributed by atoms with Crippen LogP contribution in [0.4, 0.5) is 0 Å². The summed E-state index contributed by atoms with van der Waals surface area (Å²) in [6.45, 7) is 0.965. The minimum Gasteiger partial charge on any atom is -0.488 e. The quantitative estimate of drug-likeness (QED) is 0.807. The lowest BCUT2D eigenvalue weighted by Gasteiger charge is -2.32. The lowest BCUT2D eigenvalue weighted by molar-refractivity contribution is -0.123. The van der Waals surface area contributed by atoms with Crippen molar-refractivity contribution in [3.63, 3.8) is 0 Å². The van der Waals surface area contributed by atoms with Crippen LogP contribution in [-0.4, -0.2) is 42.2 Å². The van der Waals surface area contributed by atoms with E-state index in [1.165, 1.54) is 0 Å². The highest BCUT2D eigenvalue weighted by Gasteiger charge is 2.29. The van der Waals surface area contributed by atoms with E-state index in [2.05, 4.69) is 10.3 Å². The molecular formula is C19H21N3O4. The maximum atomic E-state index is 12.3. The summed E-state index contributed by atoms with van der Waals surface area (Å²) in [7, 11) is 0. The molecule has 136 valence electrons. The molecule has 1 aliphatic heterocycles. The monoisotopic (exact) mass is 355 g/mol. The van der Waals surface area contributed by atoms with E-state index in [0.29, 0.717) is 30.9 Å². The summed E-state index contributed by atoms with van der Waals surface area (Å²) >= 11 is 0. The van der Waals surface area contributed by atoms with Crippen LogP contribution in [0.1, 0.15) is 22.3 Å². The molecule has 0 aliphatic carbocycles. The van der Waals surface area contributed by atoms with E-state index < -0.39 is 5.91 Å². The molecule has 3 rings (SSSR count). The topological polar surface area (TPSA) is 104 Å². The number of primary amides is 1. The molecule has 1 aromatic heterocycles. The van der Waals surface area contributed by atoms with Gasteiger partial charge in [-0.1, -0.05) is 0 Å². The van der Waals surface area contributed by atoms with Gasteiger partial charge in [0.05, 0.1) is 25.7 Å². The van der Waals surface area contributed by atoms with Gasteiger partial charge in [-0.25, -0.2) is 0 Å². The standard InChI is InChI=1S/C19H21N3O4/c20-19(24)14-1-3-15(4-2-14)26-17-7-10-25-12-16(17)22-18(23)11-13-5-8-21-9-6-13/h1-6,8-9,16-17H,7,10-12H2,(H2,20,24)(H,22,23). The van der Waals surface area contributed by atoms with Crippen LogP contribution >= 0.6 is 0 Å². The predicted molar refractivity (Wildman–Crippen MR) is 94.7 cm³/mol. The third-order valence-corrected chi connectivity index (χ3v) is 4.18. The van der Waals surface area contributed by atoms with Gasteiger partial charge in [-0.05, 0) is 42.0 Å². The van der Waals surface area contributed by atoms with E-state index in [4.69, 9.17) is 15.2 Å². The highest BCUT2D eigenvalue weighted by atomic mass is 16.5. The van der Waals surface area contributed by atoms with Crippen molar-refractivity contribution in [1.29, 1.82) is 0 Å². The van der Waals surface area contributed by atoms with Crippen LogP contribution in [-0.2, 0) is 16.0 Å². The zero-order chi connectivity index (χ0) is 18.4. The number of pyridine rings is 1. The van der Waals surface area contributed by atoms with Gasteiger partial charge in [0.1, 0.15) is 11.9 Å². The summed E-state index contributed by atoms with van der Waals surface area (Å²) in [5.41, 5.74) is 6.56. The molecule has 2 heterocycles. The van der Waals surface area contributed by atoms with E-state index >= 15 is 0 Å². The van der Waals surface area contributed by atoms with Gasteiger partial charge in [-0.15, -0.1) is 0 Å². The summed E-state index contributed by atoms with van der Waals surface area (Å²) in [5.74, 6) is 0.0449. The average Bonchev–Trinajstić information content (AvgIpc) is 2.64. The van der Waals surface area contributed by atoms with Crippen LogP contribution in [0.15, 0.2) is 48.8 Å². The molecule has 1 saturated heterocycles. The molecule has 1 fully saturated rings. The number of hydrogen-bond acceptors (Lipinski definition) is 5. The second-order valence-corrected chi connectivity index (χ2v) is 6.11. The molecule has 2 unspecified atom stereocenters. The highest BCUT2D eigenvalue weighted by Crippen LogP contribution is 2.19. The van der Waals surface area contributed by atoms with Gasteiger partial charge < -0.3 is 20.5 Å². The fraction of sp³-hybridized carbons (Fsp3) is 0.316. The smallest absolute Gasteiger partial charge is 0.248 e. The maximum Gasteiger partial charge on any atom is 0.248 e. The van der Waals surface area contributed by atoms with Crippen molar-refractivity contribution in [2.75, 3.05) is 13.2 Å². The largest absolute Gasteiger partial charge is 0.488 e. The van der Waals surface area contributed by atoms with E-state index in [9.17, 15) is 9.59 Å². The van der Waals surface area contributed by atoms with Crippen molar-refractivity contribution in [2.45, 2.75) is 25.0 Å². The van der Waals surface area contributed by atoms with E-state index in [1.54, 1.807) is 36.7 Å². The number of nitrogens with zero attached hydrogens (tertiary/aromatic N) is 1. The van der Waals surface area contributed by atoms with Gasteiger partial charge in [0.2, 0.25) is 11.8 Å².